The van der Waals surface area contributed by atoms with Crippen molar-refractivity contribution in [2.24, 2.45) is 5.92 Å². The second kappa shape index (κ2) is 7.58. The van der Waals surface area contributed by atoms with Gasteiger partial charge in [-0.2, -0.15) is 0 Å². The number of nitrogens with zero attached hydrogens (tertiary/aromatic N) is 1. The first kappa shape index (κ1) is 18.6. The van der Waals surface area contributed by atoms with Gasteiger partial charge in [0, 0.05) is 11.3 Å². The molecule has 1 saturated carbocycles. The van der Waals surface area contributed by atoms with Crippen LogP contribution in [0.3, 0.4) is 0 Å². The fourth-order valence-corrected chi connectivity index (χ4v) is 3.14. The number of aryl methyl sites for hydroxylation is 2. The van der Waals surface area contributed by atoms with Gasteiger partial charge in [0.2, 0.25) is 0 Å². The van der Waals surface area contributed by atoms with E-state index >= 15 is 0 Å². The highest BCUT2D eigenvalue weighted by molar-refractivity contribution is 5.94. The van der Waals surface area contributed by atoms with Crippen molar-refractivity contribution in [1.29, 1.82) is 0 Å². The number of pyridine rings is 1. The van der Waals surface area contributed by atoms with E-state index in [-0.39, 0.29) is 11.9 Å². The first-order valence-electron chi connectivity index (χ1n) is 9.37. The van der Waals surface area contributed by atoms with E-state index in [4.69, 9.17) is 0 Å². The molecule has 0 aliphatic heterocycles. The zero-order valence-corrected chi connectivity index (χ0v) is 15.8. The smallest absolute Gasteiger partial charge is 0.251 e. The SMILES string of the molecule is Cc1cccc(C(NC(=O)c2cccc(CCC(C)(C)O)c2)C2CC2)n1. The van der Waals surface area contributed by atoms with Crippen molar-refractivity contribution < 1.29 is 9.90 Å². The van der Waals surface area contributed by atoms with Gasteiger partial charge in [-0.1, -0.05) is 18.2 Å². The molecule has 2 N–H and O–H groups in total. The molecule has 4 heteroatoms. The average molecular weight is 352 g/mol. The number of carbonyl (C=O) groups is 1. The van der Waals surface area contributed by atoms with Crippen LogP contribution >= 0.6 is 0 Å². The van der Waals surface area contributed by atoms with Crippen LogP contribution in [0.2, 0.25) is 0 Å². The topological polar surface area (TPSA) is 62.2 Å². The molecule has 3 rings (SSSR count). The summed E-state index contributed by atoms with van der Waals surface area (Å²) < 4.78 is 0. The molecular formula is C22H28N2O2. The Bertz CT molecular complexity index is 776. The Morgan fingerprint density at radius 3 is 2.65 bits per heavy atom. The van der Waals surface area contributed by atoms with Crippen LogP contribution in [0.4, 0.5) is 0 Å². The van der Waals surface area contributed by atoms with Crippen molar-refractivity contribution in [1.82, 2.24) is 10.3 Å². The molecule has 0 spiro atoms. The lowest BCUT2D eigenvalue weighted by Crippen LogP contribution is -2.30. The number of carbonyl (C=O) groups excluding carboxylic acids is 1. The maximum atomic E-state index is 12.8. The minimum absolute atomic E-state index is 0.0255. The summed E-state index contributed by atoms with van der Waals surface area (Å²) in [5.74, 6) is 0.418. The Morgan fingerprint density at radius 2 is 2.00 bits per heavy atom. The van der Waals surface area contributed by atoms with Crippen molar-refractivity contribution >= 4 is 5.91 Å². The number of hydrogen-bond donors (Lipinski definition) is 2. The van der Waals surface area contributed by atoms with Gasteiger partial charge < -0.3 is 10.4 Å². The number of amides is 1. The zero-order valence-electron chi connectivity index (χ0n) is 15.8. The molecule has 2 aromatic rings. The van der Waals surface area contributed by atoms with Crippen LogP contribution in [0.15, 0.2) is 42.5 Å². The van der Waals surface area contributed by atoms with Crippen LogP contribution in [0.1, 0.15) is 66.5 Å². The van der Waals surface area contributed by atoms with Gasteiger partial charge in [0.05, 0.1) is 17.3 Å². The zero-order chi connectivity index (χ0) is 18.7. The third kappa shape index (κ3) is 5.15. The highest BCUT2D eigenvalue weighted by Crippen LogP contribution is 2.40. The summed E-state index contributed by atoms with van der Waals surface area (Å²) in [6, 6.07) is 13.6. The molecule has 1 atom stereocenters. The summed E-state index contributed by atoms with van der Waals surface area (Å²) in [6.07, 6.45) is 3.67. The van der Waals surface area contributed by atoms with E-state index in [1.165, 1.54) is 0 Å². The van der Waals surface area contributed by atoms with Gasteiger partial charge in [0.25, 0.3) is 5.91 Å². The number of benzene rings is 1. The molecule has 1 aliphatic rings. The summed E-state index contributed by atoms with van der Waals surface area (Å²) >= 11 is 0. The molecule has 1 unspecified atom stereocenters. The molecule has 1 aromatic carbocycles. The van der Waals surface area contributed by atoms with Crippen LogP contribution in [0.5, 0.6) is 0 Å². The maximum absolute atomic E-state index is 12.8. The van der Waals surface area contributed by atoms with Crippen LogP contribution in [0.25, 0.3) is 0 Å². The molecule has 1 aliphatic carbocycles. The quantitative estimate of drug-likeness (QED) is 0.792. The largest absolute Gasteiger partial charge is 0.390 e. The number of aromatic nitrogens is 1. The fourth-order valence-electron chi connectivity index (χ4n) is 3.14. The molecule has 1 fully saturated rings. The van der Waals surface area contributed by atoms with Gasteiger partial charge >= 0.3 is 0 Å². The Hall–Kier alpha value is -2.20. The lowest BCUT2D eigenvalue weighted by molar-refractivity contribution is 0.0714. The van der Waals surface area contributed by atoms with Gasteiger partial charge in [-0.05, 0) is 82.2 Å². The third-order valence-electron chi connectivity index (χ3n) is 4.82. The first-order valence-corrected chi connectivity index (χ1v) is 9.37. The molecule has 1 heterocycles. The summed E-state index contributed by atoms with van der Waals surface area (Å²) in [5, 5.41) is 13.1. The highest BCUT2D eigenvalue weighted by atomic mass is 16.3. The summed E-state index contributed by atoms with van der Waals surface area (Å²) in [6.45, 7) is 5.58. The molecule has 4 nitrogen and oxygen atoms in total. The minimum Gasteiger partial charge on any atom is -0.390 e. The van der Waals surface area contributed by atoms with Crippen molar-refractivity contribution in [2.75, 3.05) is 0 Å². The number of hydrogen-bond acceptors (Lipinski definition) is 3. The van der Waals surface area contributed by atoms with Crippen molar-refractivity contribution in [3.8, 4) is 0 Å². The Balaban J connectivity index is 1.72. The van der Waals surface area contributed by atoms with Crippen LogP contribution in [0, 0.1) is 12.8 Å². The van der Waals surface area contributed by atoms with Crippen LogP contribution in [-0.4, -0.2) is 21.6 Å². The third-order valence-corrected chi connectivity index (χ3v) is 4.82. The molecule has 0 radical (unpaired) electrons. The van der Waals surface area contributed by atoms with Gasteiger partial charge in [0.15, 0.2) is 0 Å². The second-order valence-electron chi connectivity index (χ2n) is 8.01. The average Bonchev–Trinajstić information content (AvgIpc) is 3.42. The van der Waals surface area contributed by atoms with Crippen molar-refractivity contribution in [2.45, 2.75) is 58.1 Å². The van der Waals surface area contributed by atoms with Gasteiger partial charge in [-0.3, -0.25) is 9.78 Å². The predicted molar refractivity (Wildman–Crippen MR) is 103 cm³/mol. The normalized spacial score (nSPS) is 15.5. The predicted octanol–water partition coefficient (Wildman–Crippen LogP) is 3.97. The minimum atomic E-state index is -0.702. The molecule has 0 bridgehead atoms. The molecule has 0 saturated heterocycles. The standard InChI is InChI=1S/C22H28N2O2/c1-15-6-4-9-19(23-15)20(17-10-11-17)24-21(25)18-8-5-7-16(14-18)12-13-22(2,3)26/h4-9,14,17,20,26H,10-13H2,1-3H3,(H,24,25). The Labute approximate surface area is 155 Å². The van der Waals surface area contributed by atoms with E-state index in [9.17, 15) is 9.90 Å². The lowest BCUT2D eigenvalue weighted by Gasteiger charge is -2.19. The molecule has 1 aromatic heterocycles. The van der Waals surface area contributed by atoms with E-state index in [1.807, 2.05) is 49.4 Å². The van der Waals surface area contributed by atoms with Crippen molar-refractivity contribution in [3.63, 3.8) is 0 Å². The number of rotatable bonds is 7. The van der Waals surface area contributed by atoms with Crippen LogP contribution < -0.4 is 5.32 Å². The monoisotopic (exact) mass is 352 g/mol. The second-order valence-corrected chi connectivity index (χ2v) is 8.01. The fraction of sp³-hybridized carbons (Fsp3) is 0.455. The van der Waals surface area contributed by atoms with Crippen LogP contribution in [-0.2, 0) is 6.42 Å². The van der Waals surface area contributed by atoms with E-state index in [0.717, 1.165) is 36.2 Å². The first-order chi connectivity index (χ1) is 12.3. The van der Waals surface area contributed by atoms with Crippen molar-refractivity contribution in [3.05, 3.63) is 65.0 Å². The summed E-state index contributed by atoms with van der Waals surface area (Å²) in [4.78, 5) is 17.4. The Kier molecular flexibility index (Phi) is 5.42. The summed E-state index contributed by atoms with van der Waals surface area (Å²) in [5.41, 5.74) is 2.94. The molecule has 1 amide bonds. The van der Waals surface area contributed by atoms with Gasteiger partial charge in [-0.15, -0.1) is 0 Å². The van der Waals surface area contributed by atoms with E-state index in [0.29, 0.717) is 17.9 Å². The van der Waals surface area contributed by atoms with Gasteiger partial charge in [-0.25, -0.2) is 0 Å². The van der Waals surface area contributed by atoms with E-state index < -0.39 is 5.60 Å². The number of aliphatic hydroxyl groups is 1. The van der Waals surface area contributed by atoms with E-state index in [2.05, 4.69) is 10.3 Å². The summed E-state index contributed by atoms with van der Waals surface area (Å²) in [7, 11) is 0. The molecule has 138 valence electrons. The number of nitrogens with one attached hydrogen (secondary N) is 1. The van der Waals surface area contributed by atoms with Gasteiger partial charge in [0.1, 0.15) is 0 Å². The molecule has 26 heavy (non-hydrogen) atoms. The van der Waals surface area contributed by atoms with E-state index in [1.54, 1.807) is 13.8 Å². The Morgan fingerprint density at radius 1 is 1.27 bits per heavy atom. The maximum Gasteiger partial charge on any atom is 0.251 e. The molecular weight excluding hydrogens is 324 g/mol. The lowest BCUT2D eigenvalue weighted by atomic mass is 9.97. The highest BCUT2D eigenvalue weighted by Gasteiger charge is 2.34.